The minimum atomic E-state index is 0.0972. The largest absolute Gasteiger partial charge is 0.376 e. The van der Waals surface area contributed by atoms with Gasteiger partial charge >= 0.3 is 0 Å². The number of rotatable bonds is 3. The van der Waals surface area contributed by atoms with E-state index >= 15 is 0 Å². The zero-order valence-corrected chi connectivity index (χ0v) is 12.9. The molecule has 1 aliphatic rings. The third kappa shape index (κ3) is 3.87. The lowest BCUT2D eigenvalue weighted by molar-refractivity contribution is -0.141. The van der Waals surface area contributed by atoms with Crippen molar-refractivity contribution in [1.29, 1.82) is 0 Å². The molecule has 0 saturated carbocycles. The van der Waals surface area contributed by atoms with Gasteiger partial charge in [-0.15, -0.1) is 0 Å². The van der Waals surface area contributed by atoms with Gasteiger partial charge in [0.1, 0.15) is 0 Å². The fourth-order valence-electron chi connectivity index (χ4n) is 2.49. The lowest BCUT2D eigenvalue weighted by atomic mass is 10.2. The molecule has 1 N–H and O–H groups in total. The van der Waals surface area contributed by atoms with Gasteiger partial charge in [-0.05, 0) is 44.5 Å². The average molecular weight is 297 g/mol. The van der Waals surface area contributed by atoms with Crippen molar-refractivity contribution in [2.45, 2.75) is 33.0 Å². The number of hydrogen-bond donors (Lipinski definition) is 1. The van der Waals surface area contributed by atoms with E-state index in [0.29, 0.717) is 24.7 Å². The molecule has 1 saturated heterocycles. The minimum absolute atomic E-state index is 0.0972. The van der Waals surface area contributed by atoms with Crippen molar-refractivity contribution in [3.63, 3.8) is 0 Å². The first-order chi connectivity index (χ1) is 9.45. The molecule has 0 aliphatic carbocycles. The molecule has 1 aromatic rings. The number of nitrogens with zero attached hydrogens (tertiary/aromatic N) is 1. The van der Waals surface area contributed by atoms with Gasteiger partial charge in [-0.25, -0.2) is 0 Å². The SMILES string of the molecule is Cc1cc(Cl)ccc1NCC(=O)N1CC(C)OC(C)C1. The first kappa shape index (κ1) is 15.1. The van der Waals surface area contributed by atoms with Crippen molar-refractivity contribution in [2.24, 2.45) is 0 Å². The Kier molecular flexibility index (Phi) is 4.89. The number of ether oxygens (including phenoxy) is 1. The minimum Gasteiger partial charge on any atom is -0.376 e. The Hall–Kier alpha value is -1.26. The number of morpholine rings is 1. The van der Waals surface area contributed by atoms with Crippen LogP contribution < -0.4 is 5.32 Å². The van der Waals surface area contributed by atoms with E-state index in [9.17, 15) is 4.79 Å². The number of halogens is 1. The second kappa shape index (κ2) is 6.46. The van der Waals surface area contributed by atoms with Crippen LogP contribution in [0.5, 0.6) is 0 Å². The van der Waals surface area contributed by atoms with Gasteiger partial charge < -0.3 is 15.0 Å². The number of carbonyl (C=O) groups excluding carboxylic acids is 1. The molecule has 4 nitrogen and oxygen atoms in total. The van der Waals surface area contributed by atoms with Crippen LogP contribution in [0.1, 0.15) is 19.4 Å². The second-order valence-electron chi connectivity index (χ2n) is 5.37. The molecule has 1 heterocycles. The summed E-state index contributed by atoms with van der Waals surface area (Å²) in [5.74, 6) is 0.0985. The Morgan fingerprint density at radius 2 is 2.05 bits per heavy atom. The molecule has 0 aromatic heterocycles. The Balaban J connectivity index is 1.91. The highest BCUT2D eigenvalue weighted by Gasteiger charge is 2.25. The number of hydrogen-bond acceptors (Lipinski definition) is 3. The monoisotopic (exact) mass is 296 g/mol. The van der Waals surface area contributed by atoms with E-state index in [1.54, 1.807) is 0 Å². The molecular weight excluding hydrogens is 276 g/mol. The van der Waals surface area contributed by atoms with Crippen LogP contribution in [0.15, 0.2) is 18.2 Å². The Labute approximate surface area is 125 Å². The topological polar surface area (TPSA) is 41.6 Å². The number of amides is 1. The van der Waals surface area contributed by atoms with Crippen LogP contribution in [0.3, 0.4) is 0 Å². The molecule has 2 atom stereocenters. The molecule has 0 spiro atoms. The molecule has 110 valence electrons. The summed E-state index contributed by atoms with van der Waals surface area (Å²) in [6.07, 6.45) is 0.194. The summed E-state index contributed by atoms with van der Waals surface area (Å²) in [7, 11) is 0. The van der Waals surface area contributed by atoms with Gasteiger partial charge in [-0.1, -0.05) is 11.6 Å². The highest BCUT2D eigenvalue weighted by molar-refractivity contribution is 6.30. The van der Waals surface area contributed by atoms with Gasteiger partial charge in [-0.3, -0.25) is 4.79 Å². The zero-order chi connectivity index (χ0) is 14.7. The summed E-state index contributed by atoms with van der Waals surface area (Å²) < 4.78 is 5.63. The van der Waals surface area contributed by atoms with E-state index in [1.807, 2.05) is 43.9 Å². The number of benzene rings is 1. The Morgan fingerprint density at radius 3 is 2.65 bits per heavy atom. The van der Waals surface area contributed by atoms with Gasteiger partial charge in [0.25, 0.3) is 0 Å². The van der Waals surface area contributed by atoms with Crippen molar-refractivity contribution in [1.82, 2.24) is 4.90 Å². The van der Waals surface area contributed by atoms with Gasteiger partial charge in [0.2, 0.25) is 5.91 Å². The van der Waals surface area contributed by atoms with E-state index in [-0.39, 0.29) is 18.1 Å². The average Bonchev–Trinajstić information content (AvgIpc) is 2.36. The molecule has 1 aromatic carbocycles. The van der Waals surface area contributed by atoms with Gasteiger partial charge in [0, 0.05) is 23.8 Å². The molecule has 0 radical (unpaired) electrons. The van der Waals surface area contributed by atoms with Crippen molar-refractivity contribution >= 4 is 23.2 Å². The lowest BCUT2D eigenvalue weighted by Crippen LogP contribution is -2.49. The van der Waals surface area contributed by atoms with Gasteiger partial charge in [0.15, 0.2) is 0 Å². The predicted octanol–water partition coefficient (Wildman–Crippen LogP) is 2.70. The summed E-state index contributed by atoms with van der Waals surface area (Å²) in [5, 5.41) is 3.88. The Bertz CT molecular complexity index is 483. The standard InChI is InChI=1S/C15H21ClN2O2/c1-10-6-13(16)4-5-14(10)17-7-15(19)18-8-11(2)20-12(3)9-18/h4-6,11-12,17H,7-9H2,1-3H3. The van der Waals surface area contributed by atoms with Crippen molar-refractivity contribution in [3.05, 3.63) is 28.8 Å². The fourth-order valence-corrected chi connectivity index (χ4v) is 2.72. The molecule has 2 unspecified atom stereocenters. The van der Waals surface area contributed by atoms with Crippen LogP contribution in [0.4, 0.5) is 5.69 Å². The maximum absolute atomic E-state index is 12.2. The normalized spacial score (nSPS) is 22.7. The fraction of sp³-hybridized carbons (Fsp3) is 0.533. The molecular formula is C15H21ClN2O2. The number of nitrogens with one attached hydrogen (secondary N) is 1. The summed E-state index contributed by atoms with van der Waals surface area (Å²) in [4.78, 5) is 14.1. The van der Waals surface area contributed by atoms with Crippen molar-refractivity contribution in [3.8, 4) is 0 Å². The van der Waals surface area contributed by atoms with Gasteiger partial charge in [0.05, 0.1) is 18.8 Å². The van der Waals surface area contributed by atoms with E-state index < -0.39 is 0 Å². The molecule has 1 fully saturated rings. The maximum Gasteiger partial charge on any atom is 0.242 e. The van der Waals surface area contributed by atoms with Crippen LogP contribution in [-0.2, 0) is 9.53 Å². The smallest absolute Gasteiger partial charge is 0.242 e. The zero-order valence-electron chi connectivity index (χ0n) is 12.1. The van der Waals surface area contributed by atoms with E-state index in [2.05, 4.69) is 5.32 Å². The van der Waals surface area contributed by atoms with Crippen molar-refractivity contribution < 1.29 is 9.53 Å². The quantitative estimate of drug-likeness (QED) is 0.932. The molecule has 20 heavy (non-hydrogen) atoms. The number of anilines is 1. The van der Waals surface area contributed by atoms with Crippen LogP contribution in [-0.4, -0.2) is 42.6 Å². The van der Waals surface area contributed by atoms with Crippen LogP contribution in [0.25, 0.3) is 0 Å². The van der Waals surface area contributed by atoms with E-state index in [4.69, 9.17) is 16.3 Å². The summed E-state index contributed by atoms with van der Waals surface area (Å²) in [6.45, 7) is 7.56. The third-order valence-electron chi connectivity index (χ3n) is 3.39. The van der Waals surface area contributed by atoms with Gasteiger partial charge in [-0.2, -0.15) is 0 Å². The van der Waals surface area contributed by atoms with Crippen LogP contribution >= 0.6 is 11.6 Å². The molecule has 1 aliphatic heterocycles. The molecule has 5 heteroatoms. The lowest BCUT2D eigenvalue weighted by Gasteiger charge is -2.35. The summed E-state index contributed by atoms with van der Waals surface area (Å²) in [5.41, 5.74) is 1.98. The third-order valence-corrected chi connectivity index (χ3v) is 3.63. The van der Waals surface area contributed by atoms with E-state index in [1.165, 1.54) is 0 Å². The van der Waals surface area contributed by atoms with Crippen LogP contribution in [0.2, 0.25) is 5.02 Å². The van der Waals surface area contributed by atoms with Crippen molar-refractivity contribution in [2.75, 3.05) is 25.0 Å². The summed E-state index contributed by atoms with van der Waals surface area (Å²) >= 11 is 5.92. The predicted molar refractivity (Wildman–Crippen MR) is 81.3 cm³/mol. The molecule has 2 rings (SSSR count). The highest BCUT2D eigenvalue weighted by atomic mass is 35.5. The molecule has 0 bridgehead atoms. The first-order valence-corrected chi connectivity index (χ1v) is 7.26. The van der Waals surface area contributed by atoms with E-state index in [0.717, 1.165) is 11.3 Å². The molecule has 1 amide bonds. The van der Waals surface area contributed by atoms with Crippen LogP contribution in [0, 0.1) is 6.92 Å². The summed E-state index contributed by atoms with van der Waals surface area (Å²) in [6, 6.07) is 5.60. The second-order valence-corrected chi connectivity index (χ2v) is 5.81. The number of carbonyl (C=O) groups is 1. The number of aryl methyl sites for hydroxylation is 1. The first-order valence-electron chi connectivity index (χ1n) is 6.89. The Morgan fingerprint density at radius 1 is 1.40 bits per heavy atom. The highest BCUT2D eigenvalue weighted by Crippen LogP contribution is 2.19. The maximum atomic E-state index is 12.2.